The Bertz CT molecular complexity index is 255. The number of hydrogen-bond donors (Lipinski definition) is 0. The van der Waals surface area contributed by atoms with Gasteiger partial charge < -0.3 is 0 Å². The Morgan fingerprint density at radius 2 is 2.50 bits per heavy atom. The van der Waals surface area contributed by atoms with Crippen LogP contribution >= 0.6 is 0 Å². The molecule has 0 heterocycles. The fourth-order valence-electron chi connectivity index (χ4n) is 0.927. The summed E-state index contributed by atoms with van der Waals surface area (Å²) >= 11 is 0. The van der Waals surface area contributed by atoms with E-state index in [1.165, 1.54) is 6.92 Å². The van der Waals surface area contributed by atoms with E-state index in [0.29, 0.717) is 5.57 Å². The predicted octanol–water partition coefficient (Wildman–Crippen LogP) is 1.21. The lowest BCUT2D eigenvalue weighted by atomic mass is 10.0. The van der Waals surface area contributed by atoms with Gasteiger partial charge in [0.15, 0.2) is 5.78 Å². The topological polar surface area (TPSA) is 40.9 Å². The molecule has 1 aliphatic rings. The molecule has 0 aromatic heterocycles. The minimum absolute atomic E-state index is 0.0171. The summed E-state index contributed by atoms with van der Waals surface area (Å²) in [6, 6.07) is 2.02. The zero-order valence-corrected chi connectivity index (χ0v) is 5.66. The van der Waals surface area contributed by atoms with Crippen LogP contribution in [-0.4, -0.2) is 5.78 Å². The van der Waals surface area contributed by atoms with E-state index in [4.69, 9.17) is 5.26 Å². The van der Waals surface area contributed by atoms with Gasteiger partial charge in [-0.05, 0) is 6.92 Å². The van der Waals surface area contributed by atoms with Gasteiger partial charge in [-0.3, -0.25) is 4.79 Å². The van der Waals surface area contributed by atoms with Crippen LogP contribution in [0.2, 0.25) is 0 Å². The van der Waals surface area contributed by atoms with Gasteiger partial charge in [0.05, 0.1) is 12.0 Å². The third-order valence-corrected chi connectivity index (χ3v) is 1.46. The van der Waals surface area contributed by atoms with Crippen LogP contribution in [0.3, 0.4) is 0 Å². The average molecular weight is 133 g/mol. The molecule has 0 amide bonds. The molecular formula is C8H7NO. The van der Waals surface area contributed by atoms with Crippen molar-refractivity contribution in [2.45, 2.75) is 6.92 Å². The summed E-state index contributed by atoms with van der Waals surface area (Å²) in [5, 5.41) is 8.49. The van der Waals surface area contributed by atoms with E-state index in [1.54, 1.807) is 18.2 Å². The number of hydrogen-bond acceptors (Lipinski definition) is 2. The van der Waals surface area contributed by atoms with Crippen molar-refractivity contribution in [2.75, 3.05) is 0 Å². The highest BCUT2D eigenvalue weighted by atomic mass is 16.1. The van der Waals surface area contributed by atoms with Crippen molar-refractivity contribution in [3.05, 3.63) is 23.8 Å². The molecule has 2 nitrogen and oxygen atoms in total. The fourth-order valence-corrected chi connectivity index (χ4v) is 0.927. The van der Waals surface area contributed by atoms with Crippen LogP contribution in [0.15, 0.2) is 23.8 Å². The molecule has 2 heteroatoms. The molecule has 1 unspecified atom stereocenters. The molecule has 1 rings (SSSR count). The molecular weight excluding hydrogens is 126 g/mol. The van der Waals surface area contributed by atoms with Gasteiger partial charge in [0.1, 0.15) is 0 Å². The molecule has 0 fully saturated rings. The number of carbonyl (C=O) groups is 1. The third-order valence-electron chi connectivity index (χ3n) is 1.46. The third kappa shape index (κ3) is 0.985. The van der Waals surface area contributed by atoms with Crippen LogP contribution in [0, 0.1) is 17.2 Å². The Morgan fingerprint density at radius 3 is 2.90 bits per heavy atom. The smallest absolute Gasteiger partial charge is 0.157 e. The van der Waals surface area contributed by atoms with Gasteiger partial charge >= 0.3 is 0 Å². The number of rotatable bonds is 1. The van der Waals surface area contributed by atoms with Crippen molar-refractivity contribution in [3.8, 4) is 6.07 Å². The van der Waals surface area contributed by atoms with Gasteiger partial charge in [-0.2, -0.15) is 5.26 Å². The molecule has 1 atom stereocenters. The highest BCUT2D eigenvalue weighted by Gasteiger charge is 2.16. The van der Waals surface area contributed by atoms with Crippen molar-refractivity contribution in [3.63, 3.8) is 0 Å². The van der Waals surface area contributed by atoms with Crippen LogP contribution in [0.1, 0.15) is 6.92 Å². The number of ketones is 1. The Balaban J connectivity index is 2.84. The van der Waals surface area contributed by atoms with E-state index < -0.39 is 0 Å². The molecule has 0 aromatic carbocycles. The van der Waals surface area contributed by atoms with Crippen molar-refractivity contribution >= 4 is 5.78 Å². The standard InChI is InChI=1S/C8H7NO/c1-6(10)8-4-2-3-7(8)5-9/h2-4,7H,1H3. The van der Waals surface area contributed by atoms with E-state index in [9.17, 15) is 4.79 Å². The molecule has 0 spiro atoms. The zero-order chi connectivity index (χ0) is 7.56. The molecule has 10 heavy (non-hydrogen) atoms. The highest BCUT2D eigenvalue weighted by Crippen LogP contribution is 2.18. The second-order valence-corrected chi connectivity index (χ2v) is 2.17. The van der Waals surface area contributed by atoms with Gasteiger partial charge in [-0.1, -0.05) is 18.2 Å². The maximum atomic E-state index is 10.8. The summed E-state index contributed by atoms with van der Waals surface area (Å²) in [6.07, 6.45) is 5.15. The van der Waals surface area contributed by atoms with E-state index in [-0.39, 0.29) is 11.7 Å². The first-order chi connectivity index (χ1) is 4.75. The molecule has 0 aromatic rings. The van der Waals surface area contributed by atoms with Crippen LogP contribution in [-0.2, 0) is 4.79 Å². The predicted molar refractivity (Wildman–Crippen MR) is 37.0 cm³/mol. The Morgan fingerprint density at radius 1 is 1.80 bits per heavy atom. The number of nitrogens with zero attached hydrogens (tertiary/aromatic N) is 1. The number of nitriles is 1. The molecule has 0 saturated heterocycles. The lowest BCUT2D eigenvalue weighted by Crippen LogP contribution is -2.02. The number of Topliss-reactive ketones (excluding diaryl/α,β-unsaturated/α-hetero) is 1. The Hall–Kier alpha value is -1.36. The summed E-state index contributed by atoms with van der Waals surface area (Å²) in [4.78, 5) is 10.8. The first kappa shape index (κ1) is 6.76. The molecule has 1 aliphatic carbocycles. The van der Waals surface area contributed by atoms with Crippen molar-refractivity contribution < 1.29 is 4.79 Å². The number of carbonyl (C=O) groups excluding carboxylic acids is 1. The SMILES string of the molecule is CC(=O)C1=CC=CC1C#N. The van der Waals surface area contributed by atoms with Gasteiger partial charge in [0.2, 0.25) is 0 Å². The van der Waals surface area contributed by atoms with Crippen LogP contribution in [0.5, 0.6) is 0 Å². The average Bonchev–Trinajstić information content (AvgIpc) is 2.33. The molecule has 0 saturated carbocycles. The van der Waals surface area contributed by atoms with Crippen LogP contribution in [0.4, 0.5) is 0 Å². The van der Waals surface area contributed by atoms with E-state index in [1.807, 2.05) is 6.07 Å². The first-order valence-electron chi connectivity index (χ1n) is 3.04. The summed E-state index contributed by atoms with van der Waals surface area (Å²) in [5.74, 6) is -0.325. The maximum Gasteiger partial charge on any atom is 0.157 e. The zero-order valence-electron chi connectivity index (χ0n) is 5.66. The minimum atomic E-state index is -0.308. The van der Waals surface area contributed by atoms with Crippen molar-refractivity contribution in [1.82, 2.24) is 0 Å². The lowest BCUT2D eigenvalue weighted by molar-refractivity contribution is -0.113. The van der Waals surface area contributed by atoms with Gasteiger partial charge in [0.25, 0.3) is 0 Å². The normalized spacial score (nSPS) is 22.0. The van der Waals surface area contributed by atoms with E-state index in [0.717, 1.165) is 0 Å². The van der Waals surface area contributed by atoms with Gasteiger partial charge in [0, 0.05) is 5.57 Å². The summed E-state index contributed by atoms with van der Waals surface area (Å²) < 4.78 is 0. The highest BCUT2D eigenvalue weighted by molar-refractivity contribution is 5.95. The van der Waals surface area contributed by atoms with Crippen molar-refractivity contribution in [2.24, 2.45) is 5.92 Å². The molecule has 0 bridgehead atoms. The number of allylic oxidation sites excluding steroid dienone is 4. The molecule has 0 N–H and O–H groups in total. The summed E-state index contributed by atoms with van der Waals surface area (Å²) in [6.45, 7) is 1.48. The molecule has 0 radical (unpaired) electrons. The van der Waals surface area contributed by atoms with E-state index >= 15 is 0 Å². The van der Waals surface area contributed by atoms with Crippen LogP contribution in [0.25, 0.3) is 0 Å². The molecule has 0 aliphatic heterocycles. The molecule has 50 valence electrons. The van der Waals surface area contributed by atoms with Gasteiger partial charge in [-0.25, -0.2) is 0 Å². The van der Waals surface area contributed by atoms with Gasteiger partial charge in [-0.15, -0.1) is 0 Å². The Labute approximate surface area is 59.5 Å². The Kier molecular flexibility index (Phi) is 1.68. The fraction of sp³-hybridized carbons (Fsp3) is 0.250. The summed E-state index contributed by atoms with van der Waals surface area (Å²) in [7, 11) is 0. The lowest BCUT2D eigenvalue weighted by Gasteiger charge is -1.98. The summed E-state index contributed by atoms with van der Waals surface area (Å²) in [5.41, 5.74) is 0.600. The van der Waals surface area contributed by atoms with Crippen molar-refractivity contribution in [1.29, 1.82) is 5.26 Å². The second kappa shape index (κ2) is 2.49. The van der Waals surface area contributed by atoms with E-state index in [2.05, 4.69) is 0 Å². The second-order valence-electron chi connectivity index (χ2n) is 2.17. The maximum absolute atomic E-state index is 10.8. The van der Waals surface area contributed by atoms with Crippen LogP contribution < -0.4 is 0 Å². The quantitative estimate of drug-likeness (QED) is 0.539. The monoisotopic (exact) mass is 133 g/mol. The minimum Gasteiger partial charge on any atom is -0.295 e. The largest absolute Gasteiger partial charge is 0.295 e. The first-order valence-corrected chi connectivity index (χ1v) is 3.04.